The molecule has 16 rings (SSSR count). The van der Waals surface area contributed by atoms with Gasteiger partial charge in [0.05, 0.1) is 11.0 Å². The second kappa shape index (κ2) is 15.7. The van der Waals surface area contributed by atoms with Crippen LogP contribution in [0.3, 0.4) is 0 Å². The van der Waals surface area contributed by atoms with Crippen LogP contribution >= 0.6 is 11.3 Å². The molecule has 0 spiro atoms. The number of aryl methyl sites for hydroxylation is 2. The second-order valence-electron chi connectivity index (χ2n) is 20.5. The van der Waals surface area contributed by atoms with E-state index in [4.69, 9.17) is 0 Å². The number of hydrogen-bond donors (Lipinski definition) is 0. The third-order valence-electron chi connectivity index (χ3n) is 16.4. The average Bonchev–Trinajstić information content (AvgIpc) is 4.14. The molecule has 0 aliphatic heterocycles. The van der Waals surface area contributed by atoms with Crippen molar-refractivity contribution in [3.05, 3.63) is 248 Å². The highest BCUT2D eigenvalue weighted by Gasteiger charge is 2.23. The van der Waals surface area contributed by atoms with Gasteiger partial charge in [-0.3, -0.25) is 0 Å². The SMILES string of the molecule is Cc1cc2c3cc(-c4ccc5sc6ccc(-c7ccc8c(c7)-c7cccc9cccc-8c79)cc6c5c4)ccc3c3cc4c5ccccc5n(-c5cc(-c6ccccc6)cc(-c6ccccc6)c5)c4cc3c2cc1C. The molecule has 0 bridgehead atoms. The maximum Gasteiger partial charge on any atom is 0.0547 e. The molecule has 0 radical (unpaired) electrons. The zero-order valence-corrected chi connectivity index (χ0v) is 41.7. The first-order chi connectivity index (χ1) is 36.5. The van der Waals surface area contributed by atoms with Gasteiger partial charge >= 0.3 is 0 Å². The standard InChI is InChI=1S/C72H45NS/c1-42-31-59-60(32-43(42)2)64-41-69-65(56-19-9-10-22-68(56)73(69)53-34-51(44-13-5-3-6-14-44)33-52(35-53)45-15-7-4-8-16-45)40-63(64)55-28-24-48(37-62(55)59)50-26-30-71-67(39-50)66-38-49(25-29-70(66)74-71)47-23-27-54-57-20-11-17-46-18-12-21-58(72(46)57)61(54)36-47/h3-41H,1-2H3. The van der Waals surface area contributed by atoms with E-state index in [2.05, 4.69) is 255 Å². The summed E-state index contributed by atoms with van der Waals surface area (Å²) in [6.07, 6.45) is 0. The molecule has 1 aliphatic carbocycles. The van der Waals surface area contributed by atoms with E-state index in [0.29, 0.717) is 0 Å². The Morgan fingerprint density at radius 1 is 0.270 bits per heavy atom. The number of aromatic nitrogens is 1. The number of thiophene rings is 1. The van der Waals surface area contributed by atoms with Gasteiger partial charge in [0.15, 0.2) is 0 Å². The molecule has 344 valence electrons. The molecule has 15 aromatic rings. The lowest BCUT2D eigenvalue weighted by Gasteiger charge is -2.16. The van der Waals surface area contributed by atoms with E-state index in [-0.39, 0.29) is 0 Å². The van der Waals surface area contributed by atoms with Crippen molar-refractivity contribution in [2.45, 2.75) is 13.8 Å². The van der Waals surface area contributed by atoms with E-state index in [1.165, 1.54) is 163 Å². The van der Waals surface area contributed by atoms with Crippen molar-refractivity contribution in [1.29, 1.82) is 0 Å². The number of nitrogens with zero attached hydrogens (tertiary/aromatic N) is 1. The van der Waals surface area contributed by atoms with Crippen molar-refractivity contribution in [2.24, 2.45) is 0 Å². The molecular formula is C72H45NS. The van der Waals surface area contributed by atoms with Gasteiger partial charge in [-0.15, -0.1) is 11.3 Å². The van der Waals surface area contributed by atoms with Crippen LogP contribution in [0.5, 0.6) is 0 Å². The summed E-state index contributed by atoms with van der Waals surface area (Å²) in [7, 11) is 0. The molecule has 1 aliphatic rings. The van der Waals surface area contributed by atoms with Gasteiger partial charge in [-0.1, -0.05) is 164 Å². The van der Waals surface area contributed by atoms with Gasteiger partial charge < -0.3 is 4.57 Å². The van der Waals surface area contributed by atoms with Crippen LogP contribution in [-0.2, 0) is 0 Å². The highest BCUT2D eigenvalue weighted by molar-refractivity contribution is 7.25. The summed E-state index contributed by atoms with van der Waals surface area (Å²) in [6.45, 7) is 4.51. The molecular weight excluding hydrogens is 911 g/mol. The van der Waals surface area contributed by atoms with Gasteiger partial charge in [-0.05, 0) is 208 Å². The lowest BCUT2D eigenvalue weighted by Crippen LogP contribution is -1.96. The van der Waals surface area contributed by atoms with Gasteiger partial charge in [0, 0.05) is 36.6 Å². The first kappa shape index (κ1) is 41.5. The van der Waals surface area contributed by atoms with Gasteiger partial charge in [-0.2, -0.15) is 0 Å². The van der Waals surface area contributed by atoms with Crippen LogP contribution in [0.25, 0.3) is 158 Å². The highest BCUT2D eigenvalue weighted by atomic mass is 32.1. The van der Waals surface area contributed by atoms with Crippen LogP contribution < -0.4 is 0 Å². The molecule has 0 saturated carbocycles. The molecule has 0 amide bonds. The molecule has 0 unspecified atom stereocenters. The Hall–Kier alpha value is -9.08. The fraction of sp³-hybridized carbons (Fsp3) is 0.0278. The normalized spacial score (nSPS) is 12.2. The molecule has 13 aromatic carbocycles. The lowest BCUT2D eigenvalue weighted by atomic mass is 9.89. The smallest absolute Gasteiger partial charge is 0.0547 e. The molecule has 0 fully saturated rings. The Kier molecular flexibility index (Phi) is 8.82. The van der Waals surface area contributed by atoms with Crippen LogP contribution in [-0.4, -0.2) is 4.57 Å². The van der Waals surface area contributed by atoms with E-state index < -0.39 is 0 Å². The first-order valence-corrected chi connectivity index (χ1v) is 26.5. The van der Waals surface area contributed by atoms with Crippen LogP contribution in [0.4, 0.5) is 0 Å². The molecule has 2 heteroatoms. The fourth-order valence-electron chi connectivity index (χ4n) is 12.6. The monoisotopic (exact) mass is 955 g/mol. The van der Waals surface area contributed by atoms with Crippen molar-refractivity contribution in [3.8, 4) is 72.4 Å². The van der Waals surface area contributed by atoms with Gasteiger partial charge in [0.25, 0.3) is 0 Å². The average molecular weight is 956 g/mol. The minimum absolute atomic E-state index is 1.15. The number of fused-ring (bicyclic) bond motifs is 15. The third-order valence-corrected chi connectivity index (χ3v) is 17.5. The van der Waals surface area contributed by atoms with Crippen molar-refractivity contribution >= 4 is 96.4 Å². The maximum atomic E-state index is 2.50. The van der Waals surface area contributed by atoms with Crippen molar-refractivity contribution < 1.29 is 0 Å². The molecule has 2 heterocycles. The predicted octanol–water partition coefficient (Wildman–Crippen LogP) is 20.7. The van der Waals surface area contributed by atoms with E-state index in [1.807, 2.05) is 11.3 Å². The summed E-state index contributed by atoms with van der Waals surface area (Å²) in [6, 6.07) is 89.2. The minimum Gasteiger partial charge on any atom is -0.309 e. The Bertz CT molecular complexity index is 4830. The molecule has 0 saturated heterocycles. The molecule has 0 atom stereocenters. The Morgan fingerprint density at radius 3 is 1.46 bits per heavy atom. The minimum atomic E-state index is 1.15. The fourth-order valence-corrected chi connectivity index (χ4v) is 13.7. The largest absolute Gasteiger partial charge is 0.309 e. The number of rotatable bonds is 5. The zero-order chi connectivity index (χ0) is 48.8. The van der Waals surface area contributed by atoms with Gasteiger partial charge in [0.1, 0.15) is 0 Å². The highest BCUT2D eigenvalue weighted by Crippen LogP contribution is 2.49. The van der Waals surface area contributed by atoms with E-state index >= 15 is 0 Å². The predicted molar refractivity (Wildman–Crippen MR) is 319 cm³/mol. The van der Waals surface area contributed by atoms with E-state index in [9.17, 15) is 0 Å². The summed E-state index contributed by atoms with van der Waals surface area (Å²) < 4.78 is 5.13. The Morgan fingerprint density at radius 2 is 0.797 bits per heavy atom. The van der Waals surface area contributed by atoms with E-state index in [0.717, 1.165) is 5.69 Å². The molecule has 1 nitrogen and oxygen atoms in total. The topological polar surface area (TPSA) is 4.93 Å². The van der Waals surface area contributed by atoms with Crippen molar-refractivity contribution in [1.82, 2.24) is 4.57 Å². The lowest BCUT2D eigenvalue weighted by molar-refractivity contribution is 1.18. The quantitative estimate of drug-likeness (QED) is 0.152. The van der Waals surface area contributed by atoms with Crippen LogP contribution in [0, 0.1) is 13.8 Å². The number of benzene rings is 13. The summed E-state index contributed by atoms with van der Waals surface area (Å²) >= 11 is 1.89. The Labute approximate surface area is 432 Å². The van der Waals surface area contributed by atoms with Gasteiger partial charge in [-0.25, -0.2) is 0 Å². The van der Waals surface area contributed by atoms with Crippen LogP contribution in [0.15, 0.2) is 237 Å². The van der Waals surface area contributed by atoms with Crippen LogP contribution in [0.2, 0.25) is 0 Å². The maximum absolute atomic E-state index is 2.50. The van der Waals surface area contributed by atoms with Crippen molar-refractivity contribution in [2.75, 3.05) is 0 Å². The van der Waals surface area contributed by atoms with E-state index in [1.54, 1.807) is 0 Å². The zero-order valence-electron chi connectivity index (χ0n) is 40.9. The van der Waals surface area contributed by atoms with Crippen molar-refractivity contribution in [3.63, 3.8) is 0 Å². The number of hydrogen-bond acceptors (Lipinski definition) is 1. The molecule has 2 aromatic heterocycles. The third kappa shape index (κ3) is 6.16. The first-order valence-electron chi connectivity index (χ1n) is 25.7. The summed E-state index contributed by atoms with van der Waals surface area (Å²) in [5, 5.41) is 15.5. The van der Waals surface area contributed by atoms with Gasteiger partial charge in [0.2, 0.25) is 0 Å². The summed E-state index contributed by atoms with van der Waals surface area (Å²) in [5.74, 6) is 0. The number of para-hydroxylation sites is 1. The van der Waals surface area contributed by atoms with Crippen LogP contribution in [0.1, 0.15) is 11.1 Å². The molecule has 74 heavy (non-hydrogen) atoms. The second-order valence-corrected chi connectivity index (χ2v) is 21.6. The molecule has 0 N–H and O–H groups in total. The Balaban J connectivity index is 0.864. The summed E-state index contributed by atoms with van der Waals surface area (Å²) in [5.41, 5.74) is 21.2. The summed E-state index contributed by atoms with van der Waals surface area (Å²) in [4.78, 5) is 0.